The number of fused-ring (bicyclic) bond motifs is 3. The fourth-order valence-corrected chi connectivity index (χ4v) is 6.06. The zero-order chi connectivity index (χ0) is 23.8. The number of hydrogen-bond acceptors (Lipinski definition) is 5. The Morgan fingerprint density at radius 1 is 0.886 bits per heavy atom. The van der Waals surface area contributed by atoms with Gasteiger partial charge in [0.05, 0.1) is 0 Å². The summed E-state index contributed by atoms with van der Waals surface area (Å²) in [5.74, 6) is 1.01. The number of hydrogen-bond donors (Lipinski definition) is 0. The highest BCUT2D eigenvalue weighted by atomic mass is 16.6. The minimum atomic E-state index is -0.230. The molecular formula is C27H33N5O3. The second kappa shape index (κ2) is 9.40. The Balaban J connectivity index is 1.09. The maximum absolute atomic E-state index is 12.8. The molecule has 1 aromatic heterocycles. The number of amides is 3. The second-order valence-corrected chi connectivity index (χ2v) is 10.2. The smallest absolute Gasteiger partial charge is 0.410 e. The Kier molecular flexibility index (Phi) is 5.96. The lowest BCUT2D eigenvalue weighted by Crippen LogP contribution is -2.56. The van der Waals surface area contributed by atoms with Crippen molar-refractivity contribution >= 4 is 17.9 Å². The van der Waals surface area contributed by atoms with E-state index >= 15 is 0 Å². The molecule has 5 heterocycles. The topological polar surface area (TPSA) is 69.2 Å². The van der Waals surface area contributed by atoms with Crippen LogP contribution < -0.4 is 4.90 Å². The summed E-state index contributed by atoms with van der Waals surface area (Å²) in [6.07, 6.45) is 4.91. The molecule has 35 heavy (non-hydrogen) atoms. The average molecular weight is 476 g/mol. The van der Waals surface area contributed by atoms with Crippen LogP contribution in [-0.4, -0.2) is 76.6 Å². The van der Waals surface area contributed by atoms with Crippen LogP contribution in [0.1, 0.15) is 42.5 Å². The highest BCUT2D eigenvalue weighted by molar-refractivity contribution is 5.75. The third-order valence-electron chi connectivity index (χ3n) is 7.89. The molecule has 2 unspecified atom stereocenters. The molecule has 184 valence electrons. The van der Waals surface area contributed by atoms with Crippen LogP contribution in [0.15, 0.2) is 42.5 Å². The number of pyridine rings is 1. The summed E-state index contributed by atoms with van der Waals surface area (Å²) < 4.78 is 5.59. The molecule has 0 spiro atoms. The predicted octanol–water partition coefficient (Wildman–Crippen LogP) is 3.65. The summed E-state index contributed by atoms with van der Waals surface area (Å²) in [6.45, 7) is 4.78. The Morgan fingerprint density at radius 2 is 1.63 bits per heavy atom. The van der Waals surface area contributed by atoms with Crippen LogP contribution >= 0.6 is 0 Å². The van der Waals surface area contributed by atoms with Crippen LogP contribution in [0.25, 0.3) is 0 Å². The number of urea groups is 1. The number of benzene rings is 1. The molecule has 0 saturated carbocycles. The van der Waals surface area contributed by atoms with Gasteiger partial charge in [0.1, 0.15) is 12.4 Å². The van der Waals surface area contributed by atoms with Crippen molar-refractivity contribution in [1.29, 1.82) is 0 Å². The maximum Gasteiger partial charge on any atom is 0.410 e. The third kappa shape index (κ3) is 4.42. The lowest BCUT2D eigenvalue weighted by atomic mass is 10.1. The summed E-state index contributed by atoms with van der Waals surface area (Å²) in [6, 6.07) is 14.8. The Morgan fingerprint density at radius 3 is 2.37 bits per heavy atom. The van der Waals surface area contributed by atoms with E-state index in [1.807, 2.05) is 45.0 Å². The standard InChI is InChI=1S/C27H33N5O3/c33-26(29-13-4-5-14-29)30-15-12-24-21(16-30)8-11-25(28-24)32-22-9-10-23(32)18-31(17-22)27(34)35-19-20-6-2-1-3-7-20/h1-3,6-8,11,22-23H,4-5,9-10,12-19H2. The second-order valence-electron chi connectivity index (χ2n) is 10.2. The SMILES string of the molecule is O=C(OCc1ccccc1)N1CC2CCC(C1)N2c1ccc2c(n1)CCN(C(=O)N1CCCC1)C2. The molecule has 2 atom stereocenters. The molecule has 1 aromatic carbocycles. The maximum atomic E-state index is 12.8. The summed E-state index contributed by atoms with van der Waals surface area (Å²) in [5, 5.41) is 0. The van der Waals surface area contributed by atoms with Crippen molar-refractivity contribution in [1.82, 2.24) is 19.7 Å². The number of aromatic nitrogens is 1. The number of ether oxygens (including phenoxy) is 1. The fraction of sp³-hybridized carbons (Fsp3) is 0.519. The van der Waals surface area contributed by atoms with Gasteiger partial charge in [-0.15, -0.1) is 0 Å². The van der Waals surface area contributed by atoms with Crippen molar-refractivity contribution in [2.45, 2.75) is 57.3 Å². The molecule has 4 aliphatic heterocycles. The van der Waals surface area contributed by atoms with Crippen LogP contribution in [0.5, 0.6) is 0 Å². The van der Waals surface area contributed by atoms with E-state index in [2.05, 4.69) is 17.0 Å². The molecule has 2 bridgehead atoms. The number of nitrogens with zero attached hydrogens (tertiary/aromatic N) is 5. The summed E-state index contributed by atoms with van der Waals surface area (Å²) >= 11 is 0. The number of anilines is 1. The van der Waals surface area contributed by atoms with Gasteiger partial charge in [0.15, 0.2) is 0 Å². The lowest BCUT2D eigenvalue weighted by molar-refractivity contribution is 0.0880. The van der Waals surface area contributed by atoms with E-state index in [1.165, 1.54) is 0 Å². The first-order valence-electron chi connectivity index (χ1n) is 12.9. The normalized spacial score (nSPS) is 23.4. The molecule has 2 aromatic rings. The van der Waals surface area contributed by atoms with E-state index in [4.69, 9.17) is 9.72 Å². The van der Waals surface area contributed by atoms with Crippen LogP contribution in [0.4, 0.5) is 15.4 Å². The van der Waals surface area contributed by atoms with Crippen molar-refractivity contribution in [2.75, 3.05) is 37.6 Å². The van der Waals surface area contributed by atoms with Crippen LogP contribution in [0.3, 0.4) is 0 Å². The zero-order valence-electron chi connectivity index (χ0n) is 20.1. The van der Waals surface area contributed by atoms with Crippen molar-refractivity contribution in [2.24, 2.45) is 0 Å². The van der Waals surface area contributed by atoms with Gasteiger partial charge >= 0.3 is 12.1 Å². The summed E-state index contributed by atoms with van der Waals surface area (Å²) in [5.41, 5.74) is 3.27. The van der Waals surface area contributed by atoms with Gasteiger partial charge < -0.3 is 24.3 Å². The van der Waals surface area contributed by atoms with Gasteiger partial charge in [-0.25, -0.2) is 14.6 Å². The number of carbonyl (C=O) groups is 2. The monoisotopic (exact) mass is 475 g/mol. The molecule has 3 amide bonds. The van der Waals surface area contributed by atoms with Gasteiger partial charge in [-0.05, 0) is 42.9 Å². The van der Waals surface area contributed by atoms with Crippen molar-refractivity contribution < 1.29 is 14.3 Å². The molecule has 3 fully saturated rings. The molecule has 3 saturated heterocycles. The van der Waals surface area contributed by atoms with Crippen molar-refractivity contribution in [3.05, 3.63) is 59.3 Å². The van der Waals surface area contributed by atoms with Gasteiger partial charge in [-0.2, -0.15) is 0 Å². The number of likely N-dealkylation sites (tertiary alicyclic amines) is 2. The average Bonchev–Trinajstić information content (AvgIpc) is 3.53. The number of rotatable bonds is 3. The van der Waals surface area contributed by atoms with Crippen molar-refractivity contribution in [3.8, 4) is 0 Å². The molecule has 0 aliphatic carbocycles. The Labute approximate surface area is 206 Å². The van der Waals surface area contributed by atoms with E-state index in [-0.39, 0.29) is 24.2 Å². The number of carbonyl (C=O) groups excluding carboxylic acids is 2. The first-order valence-corrected chi connectivity index (χ1v) is 12.9. The van der Waals surface area contributed by atoms with Gasteiger partial charge in [0.25, 0.3) is 0 Å². The van der Waals surface area contributed by atoms with Crippen LogP contribution in [0.2, 0.25) is 0 Å². The first kappa shape index (κ1) is 22.2. The zero-order valence-corrected chi connectivity index (χ0v) is 20.1. The van der Waals surface area contributed by atoms with E-state index < -0.39 is 0 Å². The summed E-state index contributed by atoms with van der Waals surface area (Å²) in [7, 11) is 0. The Bertz CT molecular complexity index is 1070. The van der Waals surface area contributed by atoms with Gasteiger partial charge in [0.2, 0.25) is 0 Å². The first-order chi connectivity index (χ1) is 17.2. The third-order valence-corrected chi connectivity index (χ3v) is 7.89. The van der Waals surface area contributed by atoms with Gasteiger partial charge in [-0.1, -0.05) is 36.4 Å². The molecular weight excluding hydrogens is 442 g/mol. The quantitative estimate of drug-likeness (QED) is 0.678. The van der Waals surface area contributed by atoms with Gasteiger partial charge in [0, 0.05) is 63.5 Å². The minimum Gasteiger partial charge on any atom is -0.445 e. The highest BCUT2D eigenvalue weighted by Crippen LogP contribution is 2.35. The molecule has 8 nitrogen and oxygen atoms in total. The van der Waals surface area contributed by atoms with Crippen LogP contribution in [0, 0.1) is 0 Å². The lowest BCUT2D eigenvalue weighted by Gasteiger charge is -2.41. The molecule has 4 aliphatic rings. The molecule has 0 N–H and O–H groups in total. The van der Waals surface area contributed by atoms with E-state index in [9.17, 15) is 9.59 Å². The van der Waals surface area contributed by atoms with Gasteiger partial charge in [-0.3, -0.25) is 0 Å². The minimum absolute atomic E-state index is 0.172. The Hall–Kier alpha value is -3.29. The van der Waals surface area contributed by atoms with E-state index in [0.717, 1.165) is 74.4 Å². The van der Waals surface area contributed by atoms with E-state index in [1.54, 1.807) is 0 Å². The summed E-state index contributed by atoms with van der Waals surface area (Å²) in [4.78, 5) is 38.8. The van der Waals surface area contributed by atoms with E-state index in [0.29, 0.717) is 26.2 Å². The number of piperazine rings is 1. The van der Waals surface area contributed by atoms with Crippen LogP contribution in [-0.2, 0) is 24.3 Å². The molecule has 6 rings (SSSR count). The molecule has 8 heteroatoms. The highest BCUT2D eigenvalue weighted by Gasteiger charge is 2.42. The predicted molar refractivity (Wildman–Crippen MR) is 132 cm³/mol. The largest absolute Gasteiger partial charge is 0.445 e. The van der Waals surface area contributed by atoms with Crippen molar-refractivity contribution in [3.63, 3.8) is 0 Å². The molecule has 0 radical (unpaired) electrons. The fourth-order valence-electron chi connectivity index (χ4n) is 6.06.